The quantitative estimate of drug-likeness (QED) is 0.383. The largest absolute Gasteiger partial charge is 0.465 e. The predicted octanol–water partition coefficient (Wildman–Crippen LogP) is 4.79. The average molecular weight is 312 g/mol. The summed E-state index contributed by atoms with van der Waals surface area (Å²) in [6, 6.07) is 0. The smallest absolute Gasteiger partial charge is 0.305 e. The SMILES string of the molecule is CCCCCCCCCCCC(=O)OCC1CCN(C)CC1. The van der Waals surface area contributed by atoms with E-state index in [1.165, 1.54) is 64.2 Å². The van der Waals surface area contributed by atoms with Crippen LogP contribution in [0.15, 0.2) is 0 Å². The Hall–Kier alpha value is -0.570. The molecule has 1 fully saturated rings. The summed E-state index contributed by atoms with van der Waals surface area (Å²) in [4.78, 5) is 14.1. The van der Waals surface area contributed by atoms with Crippen LogP contribution in [0.2, 0.25) is 0 Å². The molecule has 22 heavy (non-hydrogen) atoms. The van der Waals surface area contributed by atoms with Gasteiger partial charge in [-0.15, -0.1) is 0 Å². The van der Waals surface area contributed by atoms with Gasteiger partial charge in [-0.2, -0.15) is 0 Å². The highest BCUT2D eigenvalue weighted by atomic mass is 16.5. The molecule has 1 aliphatic heterocycles. The molecule has 0 atom stereocenters. The Morgan fingerprint density at radius 3 is 2.09 bits per heavy atom. The molecule has 0 aromatic rings. The molecule has 3 nitrogen and oxygen atoms in total. The van der Waals surface area contributed by atoms with Crippen LogP contribution in [-0.2, 0) is 9.53 Å². The lowest BCUT2D eigenvalue weighted by Crippen LogP contribution is -2.32. The number of ether oxygens (including phenoxy) is 1. The van der Waals surface area contributed by atoms with Crippen molar-refractivity contribution in [3.63, 3.8) is 0 Å². The van der Waals surface area contributed by atoms with Crippen LogP contribution in [0.4, 0.5) is 0 Å². The van der Waals surface area contributed by atoms with E-state index in [1.54, 1.807) is 0 Å². The minimum atomic E-state index is 0.0156. The van der Waals surface area contributed by atoms with Gasteiger partial charge in [0.1, 0.15) is 0 Å². The molecule has 0 spiro atoms. The van der Waals surface area contributed by atoms with Crippen molar-refractivity contribution in [2.75, 3.05) is 26.7 Å². The second-order valence-corrected chi connectivity index (χ2v) is 7.01. The number of rotatable bonds is 12. The molecule has 0 aromatic heterocycles. The Morgan fingerprint density at radius 2 is 1.50 bits per heavy atom. The van der Waals surface area contributed by atoms with Gasteiger partial charge in [0.25, 0.3) is 0 Å². The molecule has 0 aliphatic carbocycles. The fourth-order valence-corrected chi connectivity index (χ4v) is 3.09. The van der Waals surface area contributed by atoms with Crippen LogP contribution in [0, 0.1) is 5.92 Å². The van der Waals surface area contributed by atoms with Crippen molar-refractivity contribution >= 4 is 5.97 Å². The number of carbonyl (C=O) groups excluding carboxylic acids is 1. The van der Waals surface area contributed by atoms with Gasteiger partial charge < -0.3 is 9.64 Å². The second kappa shape index (κ2) is 12.9. The third-order valence-electron chi connectivity index (χ3n) is 4.80. The number of nitrogens with zero attached hydrogens (tertiary/aromatic N) is 1. The molecule has 1 aliphatic rings. The second-order valence-electron chi connectivity index (χ2n) is 7.01. The van der Waals surface area contributed by atoms with Crippen molar-refractivity contribution in [3.8, 4) is 0 Å². The summed E-state index contributed by atoms with van der Waals surface area (Å²) >= 11 is 0. The lowest BCUT2D eigenvalue weighted by atomic mass is 9.98. The Morgan fingerprint density at radius 1 is 0.955 bits per heavy atom. The van der Waals surface area contributed by atoms with E-state index in [0.717, 1.165) is 19.5 Å². The highest BCUT2D eigenvalue weighted by Gasteiger charge is 2.18. The van der Waals surface area contributed by atoms with Gasteiger partial charge in [0.15, 0.2) is 0 Å². The Labute approximate surface area is 137 Å². The monoisotopic (exact) mass is 311 g/mol. The molecule has 0 unspecified atom stereocenters. The summed E-state index contributed by atoms with van der Waals surface area (Å²) in [6.45, 7) is 5.18. The number of hydrogen-bond donors (Lipinski definition) is 0. The fourth-order valence-electron chi connectivity index (χ4n) is 3.09. The van der Waals surface area contributed by atoms with Gasteiger partial charge in [-0.1, -0.05) is 58.3 Å². The number of esters is 1. The summed E-state index contributed by atoms with van der Waals surface area (Å²) in [7, 11) is 2.16. The van der Waals surface area contributed by atoms with Crippen molar-refractivity contribution in [2.45, 2.75) is 84.0 Å². The molecule has 0 saturated carbocycles. The number of carbonyl (C=O) groups is 1. The normalized spacial score (nSPS) is 16.8. The molecule has 0 amide bonds. The van der Waals surface area contributed by atoms with Gasteiger partial charge >= 0.3 is 5.97 Å². The van der Waals surface area contributed by atoms with Crippen molar-refractivity contribution in [3.05, 3.63) is 0 Å². The number of hydrogen-bond acceptors (Lipinski definition) is 3. The van der Waals surface area contributed by atoms with E-state index in [1.807, 2.05) is 0 Å². The van der Waals surface area contributed by atoms with Gasteiger partial charge in [0.05, 0.1) is 6.61 Å². The Balaban J connectivity index is 1.85. The predicted molar refractivity (Wildman–Crippen MR) is 93.0 cm³/mol. The van der Waals surface area contributed by atoms with E-state index in [-0.39, 0.29) is 5.97 Å². The van der Waals surface area contributed by atoms with Crippen molar-refractivity contribution in [2.24, 2.45) is 5.92 Å². The van der Waals surface area contributed by atoms with Crippen LogP contribution in [-0.4, -0.2) is 37.6 Å². The molecule has 0 bridgehead atoms. The van der Waals surface area contributed by atoms with E-state index in [9.17, 15) is 4.79 Å². The maximum Gasteiger partial charge on any atom is 0.305 e. The lowest BCUT2D eigenvalue weighted by Gasteiger charge is -2.28. The molecule has 1 rings (SSSR count). The first-order valence-corrected chi connectivity index (χ1v) is 9.56. The summed E-state index contributed by atoms with van der Waals surface area (Å²) in [6.07, 6.45) is 14.6. The molecule has 130 valence electrons. The van der Waals surface area contributed by atoms with Crippen LogP contribution in [0.1, 0.15) is 84.0 Å². The maximum atomic E-state index is 11.7. The lowest BCUT2D eigenvalue weighted by molar-refractivity contribution is -0.145. The van der Waals surface area contributed by atoms with Crippen LogP contribution >= 0.6 is 0 Å². The molecular weight excluding hydrogens is 274 g/mol. The molecule has 0 N–H and O–H groups in total. The third kappa shape index (κ3) is 10.2. The molecule has 1 saturated heterocycles. The molecular formula is C19H37NO2. The van der Waals surface area contributed by atoms with Gasteiger partial charge in [-0.05, 0) is 45.3 Å². The average Bonchev–Trinajstić information content (AvgIpc) is 2.53. The first-order chi connectivity index (χ1) is 10.7. The van der Waals surface area contributed by atoms with E-state index in [4.69, 9.17) is 4.74 Å². The van der Waals surface area contributed by atoms with Crippen LogP contribution in [0.5, 0.6) is 0 Å². The Bertz CT molecular complexity index is 273. The third-order valence-corrected chi connectivity index (χ3v) is 4.80. The van der Waals surface area contributed by atoms with E-state index in [2.05, 4.69) is 18.9 Å². The highest BCUT2D eigenvalue weighted by Crippen LogP contribution is 2.16. The summed E-state index contributed by atoms with van der Waals surface area (Å²) in [5, 5.41) is 0. The first-order valence-electron chi connectivity index (χ1n) is 9.56. The van der Waals surface area contributed by atoms with Crippen LogP contribution in [0.3, 0.4) is 0 Å². The number of unbranched alkanes of at least 4 members (excludes halogenated alkanes) is 8. The van der Waals surface area contributed by atoms with Crippen molar-refractivity contribution < 1.29 is 9.53 Å². The topological polar surface area (TPSA) is 29.5 Å². The summed E-state index contributed by atoms with van der Waals surface area (Å²) in [5.41, 5.74) is 0. The van der Waals surface area contributed by atoms with E-state index in [0.29, 0.717) is 18.9 Å². The zero-order chi connectivity index (χ0) is 16.0. The Kier molecular flexibility index (Phi) is 11.4. The first kappa shape index (κ1) is 19.5. The standard InChI is InChI=1S/C19H37NO2/c1-3-4-5-6-7-8-9-10-11-12-19(21)22-17-18-13-15-20(2)16-14-18/h18H,3-17H2,1-2H3. The van der Waals surface area contributed by atoms with Gasteiger partial charge in [-0.3, -0.25) is 4.79 Å². The van der Waals surface area contributed by atoms with Crippen LogP contribution < -0.4 is 0 Å². The van der Waals surface area contributed by atoms with E-state index >= 15 is 0 Å². The van der Waals surface area contributed by atoms with Crippen molar-refractivity contribution in [1.82, 2.24) is 4.90 Å². The molecule has 3 heteroatoms. The number of piperidine rings is 1. The zero-order valence-electron chi connectivity index (χ0n) is 14.9. The van der Waals surface area contributed by atoms with Gasteiger partial charge in [0, 0.05) is 6.42 Å². The minimum Gasteiger partial charge on any atom is -0.465 e. The highest BCUT2D eigenvalue weighted by molar-refractivity contribution is 5.69. The van der Waals surface area contributed by atoms with E-state index < -0.39 is 0 Å². The minimum absolute atomic E-state index is 0.0156. The molecule has 1 heterocycles. The maximum absolute atomic E-state index is 11.7. The fraction of sp³-hybridized carbons (Fsp3) is 0.947. The van der Waals surface area contributed by atoms with Crippen LogP contribution in [0.25, 0.3) is 0 Å². The molecule has 0 aromatic carbocycles. The summed E-state index contributed by atoms with van der Waals surface area (Å²) < 4.78 is 5.43. The number of likely N-dealkylation sites (tertiary alicyclic amines) is 1. The van der Waals surface area contributed by atoms with Crippen molar-refractivity contribution in [1.29, 1.82) is 0 Å². The molecule has 0 radical (unpaired) electrons. The zero-order valence-corrected chi connectivity index (χ0v) is 14.9. The van der Waals surface area contributed by atoms with Gasteiger partial charge in [-0.25, -0.2) is 0 Å². The summed E-state index contributed by atoms with van der Waals surface area (Å²) in [5.74, 6) is 0.602. The van der Waals surface area contributed by atoms with Gasteiger partial charge in [0.2, 0.25) is 0 Å².